The van der Waals surface area contributed by atoms with E-state index in [0.717, 1.165) is 0 Å². The second kappa shape index (κ2) is 4.06. The molecule has 0 radical (unpaired) electrons. The standard InChI is InChI=1S/C9H4BrFO2/c10-8-3-2-7(11)5-6(8)1-4-9(12)13/h2-3,5H,(H,12,13). The predicted octanol–water partition coefficient (Wildman–Crippen LogP) is 2.02. The fourth-order valence-corrected chi connectivity index (χ4v) is 1.06. The van der Waals surface area contributed by atoms with Crippen molar-refractivity contribution >= 4 is 21.9 Å². The second-order valence-corrected chi connectivity index (χ2v) is 3.03. The van der Waals surface area contributed by atoms with Crippen LogP contribution in [0, 0.1) is 17.7 Å². The topological polar surface area (TPSA) is 37.3 Å². The van der Waals surface area contributed by atoms with Crippen LogP contribution in [0.5, 0.6) is 0 Å². The van der Waals surface area contributed by atoms with Crippen LogP contribution in [0.25, 0.3) is 0 Å². The van der Waals surface area contributed by atoms with Crippen molar-refractivity contribution in [3.8, 4) is 11.8 Å². The van der Waals surface area contributed by atoms with E-state index in [0.29, 0.717) is 10.0 Å². The van der Waals surface area contributed by atoms with E-state index in [-0.39, 0.29) is 0 Å². The molecule has 0 fully saturated rings. The fraction of sp³-hybridized carbons (Fsp3) is 0. The minimum absolute atomic E-state index is 0.322. The van der Waals surface area contributed by atoms with Gasteiger partial charge in [0.2, 0.25) is 0 Å². The highest BCUT2D eigenvalue weighted by molar-refractivity contribution is 9.10. The number of hydrogen-bond acceptors (Lipinski definition) is 1. The molecule has 66 valence electrons. The van der Waals surface area contributed by atoms with Gasteiger partial charge in [-0.05, 0) is 34.1 Å². The average Bonchev–Trinajstić information content (AvgIpc) is 2.06. The van der Waals surface area contributed by atoms with Crippen molar-refractivity contribution in [1.82, 2.24) is 0 Å². The zero-order valence-electron chi connectivity index (χ0n) is 6.34. The molecule has 13 heavy (non-hydrogen) atoms. The maximum absolute atomic E-state index is 12.6. The van der Waals surface area contributed by atoms with Gasteiger partial charge in [-0.2, -0.15) is 0 Å². The van der Waals surface area contributed by atoms with Crippen LogP contribution in [0.15, 0.2) is 22.7 Å². The molecule has 0 saturated carbocycles. The molecule has 0 atom stereocenters. The van der Waals surface area contributed by atoms with E-state index in [2.05, 4.69) is 21.9 Å². The monoisotopic (exact) mass is 242 g/mol. The van der Waals surface area contributed by atoms with E-state index in [1.165, 1.54) is 18.2 Å². The van der Waals surface area contributed by atoms with Gasteiger partial charge >= 0.3 is 5.97 Å². The van der Waals surface area contributed by atoms with Gasteiger partial charge in [-0.15, -0.1) is 0 Å². The van der Waals surface area contributed by atoms with Crippen molar-refractivity contribution in [3.63, 3.8) is 0 Å². The van der Waals surface area contributed by atoms with Crippen LogP contribution >= 0.6 is 15.9 Å². The van der Waals surface area contributed by atoms with Gasteiger partial charge in [-0.3, -0.25) is 0 Å². The maximum Gasteiger partial charge on any atom is 0.382 e. The summed E-state index contributed by atoms with van der Waals surface area (Å²) in [5.41, 5.74) is 0.322. The number of halogens is 2. The Morgan fingerprint density at radius 3 is 2.85 bits per heavy atom. The number of carboxylic acids is 1. The van der Waals surface area contributed by atoms with Crippen LogP contribution in [0.4, 0.5) is 4.39 Å². The van der Waals surface area contributed by atoms with Gasteiger partial charge in [-0.1, -0.05) is 5.92 Å². The lowest BCUT2D eigenvalue weighted by Gasteiger charge is -1.94. The van der Waals surface area contributed by atoms with E-state index in [4.69, 9.17) is 5.11 Å². The molecular weight excluding hydrogens is 239 g/mol. The largest absolute Gasteiger partial charge is 0.472 e. The molecule has 0 amide bonds. The van der Waals surface area contributed by atoms with Crippen LogP contribution in [0.3, 0.4) is 0 Å². The van der Waals surface area contributed by atoms with Gasteiger partial charge in [0, 0.05) is 16.0 Å². The number of aliphatic carboxylic acids is 1. The molecule has 1 aromatic rings. The first-order chi connectivity index (χ1) is 6.09. The third-order valence-corrected chi connectivity index (χ3v) is 1.92. The molecular formula is C9H4BrFO2. The quantitative estimate of drug-likeness (QED) is 0.708. The highest BCUT2D eigenvalue weighted by atomic mass is 79.9. The van der Waals surface area contributed by atoms with E-state index in [9.17, 15) is 9.18 Å². The molecule has 0 heterocycles. The van der Waals surface area contributed by atoms with E-state index in [1.807, 2.05) is 5.92 Å². The van der Waals surface area contributed by atoms with Gasteiger partial charge in [0.25, 0.3) is 0 Å². The van der Waals surface area contributed by atoms with Crippen LogP contribution in [-0.4, -0.2) is 11.1 Å². The molecule has 0 unspecified atom stereocenters. The zero-order chi connectivity index (χ0) is 9.84. The van der Waals surface area contributed by atoms with Gasteiger partial charge in [0.05, 0.1) is 0 Å². The summed E-state index contributed by atoms with van der Waals surface area (Å²) in [5, 5.41) is 8.25. The Morgan fingerprint density at radius 1 is 1.54 bits per heavy atom. The number of hydrogen-bond donors (Lipinski definition) is 1. The highest BCUT2D eigenvalue weighted by Crippen LogP contribution is 2.16. The Bertz CT molecular complexity index is 404. The van der Waals surface area contributed by atoms with Crippen LogP contribution in [-0.2, 0) is 4.79 Å². The minimum Gasteiger partial charge on any atom is -0.472 e. The smallest absolute Gasteiger partial charge is 0.382 e. The summed E-state index contributed by atoms with van der Waals surface area (Å²) in [7, 11) is 0. The van der Waals surface area contributed by atoms with Crippen molar-refractivity contribution in [2.45, 2.75) is 0 Å². The number of carbonyl (C=O) groups is 1. The summed E-state index contributed by atoms with van der Waals surface area (Å²) in [5.74, 6) is 2.53. The lowest BCUT2D eigenvalue weighted by molar-refractivity contribution is -0.130. The molecule has 0 aliphatic carbocycles. The van der Waals surface area contributed by atoms with Crippen molar-refractivity contribution in [2.24, 2.45) is 0 Å². The van der Waals surface area contributed by atoms with E-state index < -0.39 is 11.8 Å². The average molecular weight is 243 g/mol. The van der Waals surface area contributed by atoms with Gasteiger partial charge in [0.1, 0.15) is 5.82 Å². The SMILES string of the molecule is O=C(O)C#Cc1cc(F)ccc1Br. The van der Waals surface area contributed by atoms with Crippen molar-refractivity contribution < 1.29 is 14.3 Å². The molecule has 0 bridgehead atoms. The van der Waals surface area contributed by atoms with Gasteiger partial charge < -0.3 is 5.11 Å². The number of benzene rings is 1. The first-order valence-corrected chi connectivity index (χ1v) is 4.09. The normalized spacial score (nSPS) is 8.77. The molecule has 0 aliphatic rings. The summed E-state index contributed by atoms with van der Waals surface area (Å²) in [6.07, 6.45) is 0. The van der Waals surface area contributed by atoms with Crippen LogP contribution in [0.2, 0.25) is 0 Å². The van der Waals surface area contributed by atoms with Gasteiger partial charge in [0.15, 0.2) is 0 Å². The third-order valence-electron chi connectivity index (χ3n) is 1.23. The summed E-state index contributed by atoms with van der Waals surface area (Å²) in [6.45, 7) is 0. The van der Waals surface area contributed by atoms with Crippen LogP contribution < -0.4 is 0 Å². The first kappa shape index (κ1) is 9.75. The zero-order valence-corrected chi connectivity index (χ0v) is 7.93. The van der Waals surface area contributed by atoms with E-state index >= 15 is 0 Å². The molecule has 0 saturated heterocycles. The summed E-state index contributed by atoms with van der Waals surface area (Å²) in [6, 6.07) is 3.90. The summed E-state index contributed by atoms with van der Waals surface area (Å²) < 4.78 is 13.2. The molecule has 0 spiro atoms. The summed E-state index contributed by atoms with van der Waals surface area (Å²) in [4.78, 5) is 10.1. The molecule has 1 rings (SSSR count). The molecule has 1 aromatic carbocycles. The Balaban J connectivity index is 3.09. The maximum atomic E-state index is 12.6. The highest BCUT2D eigenvalue weighted by Gasteiger charge is 1.98. The van der Waals surface area contributed by atoms with Crippen LogP contribution in [0.1, 0.15) is 5.56 Å². The molecule has 4 heteroatoms. The first-order valence-electron chi connectivity index (χ1n) is 3.29. The molecule has 2 nitrogen and oxygen atoms in total. The lowest BCUT2D eigenvalue weighted by atomic mass is 10.2. The van der Waals surface area contributed by atoms with Crippen molar-refractivity contribution in [2.75, 3.05) is 0 Å². The fourth-order valence-electron chi connectivity index (χ4n) is 0.714. The number of carboxylic acid groups (broad SMARTS) is 1. The molecule has 1 N–H and O–H groups in total. The Kier molecular flexibility index (Phi) is 3.04. The Morgan fingerprint density at radius 2 is 2.23 bits per heavy atom. The molecule has 0 aliphatic heterocycles. The Hall–Kier alpha value is -1.34. The van der Waals surface area contributed by atoms with Crippen molar-refractivity contribution in [3.05, 3.63) is 34.1 Å². The Labute approximate surface area is 82.5 Å². The minimum atomic E-state index is -1.24. The van der Waals surface area contributed by atoms with Crippen molar-refractivity contribution in [1.29, 1.82) is 0 Å². The predicted molar refractivity (Wildman–Crippen MR) is 48.6 cm³/mol. The lowest BCUT2D eigenvalue weighted by Crippen LogP contribution is -1.88. The second-order valence-electron chi connectivity index (χ2n) is 2.18. The molecule has 0 aromatic heterocycles. The third kappa shape index (κ3) is 2.88. The van der Waals surface area contributed by atoms with E-state index in [1.54, 1.807) is 0 Å². The summed E-state index contributed by atoms with van der Waals surface area (Å²) >= 11 is 3.12. The number of rotatable bonds is 0. The van der Waals surface area contributed by atoms with Gasteiger partial charge in [-0.25, -0.2) is 9.18 Å².